The largest absolute Gasteiger partial charge is 0.389 e. The van der Waals surface area contributed by atoms with Crippen LogP contribution in [0.15, 0.2) is 12.2 Å². The summed E-state index contributed by atoms with van der Waals surface area (Å²) in [5.41, 5.74) is 0. The molecule has 0 spiro atoms. The molecule has 102 valence electrons. The van der Waals surface area contributed by atoms with Crippen molar-refractivity contribution < 1.29 is 9.84 Å². The lowest BCUT2D eigenvalue weighted by Crippen LogP contribution is -2.34. The highest BCUT2D eigenvalue weighted by Gasteiger charge is 2.35. The number of rotatable bonds is 8. The van der Waals surface area contributed by atoms with Crippen LogP contribution in [0.4, 0.5) is 0 Å². The molecule has 4 atom stereocenters. The average Bonchev–Trinajstić information content (AvgIpc) is 2.95. The molecule has 18 heavy (non-hydrogen) atoms. The summed E-state index contributed by atoms with van der Waals surface area (Å²) < 4.78 is 5.49. The van der Waals surface area contributed by atoms with Crippen LogP contribution in [-0.4, -0.2) is 37.5 Å². The third-order valence-corrected chi connectivity index (χ3v) is 4.56. The highest BCUT2D eigenvalue weighted by molar-refractivity contribution is 5.10. The first-order valence-corrected chi connectivity index (χ1v) is 7.46. The number of aliphatic hydroxyl groups is 1. The second-order valence-corrected chi connectivity index (χ2v) is 6.33. The number of hydrogen-bond donors (Lipinski definition) is 2. The lowest BCUT2D eigenvalue weighted by atomic mass is 9.93. The number of fused-ring (bicyclic) bond motifs is 2. The van der Waals surface area contributed by atoms with Crippen molar-refractivity contribution in [3.63, 3.8) is 0 Å². The van der Waals surface area contributed by atoms with Crippen molar-refractivity contribution in [2.75, 3.05) is 26.3 Å². The van der Waals surface area contributed by atoms with Crippen LogP contribution < -0.4 is 5.32 Å². The zero-order chi connectivity index (χ0) is 12.4. The fraction of sp³-hybridized carbons (Fsp3) is 0.867. The minimum Gasteiger partial charge on any atom is -0.389 e. The second kappa shape index (κ2) is 5.72. The van der Waals surface area contributed by atoms with E-state index in [1.165, 1.54) is 25.7 Å². The van der Waals surface area contributed by atoms with Crippen LogP contribution in [0.3, 0.4) is 0 Å². The van der Waals surface area contributed by atoms with Crippen molar-refractivity contribution in [2.45, 2.75) is 31.8 Å². The first-order valence-electron chi connectivity index (χ1n) is 7.46. The third-order valence-electron chi connectivity index (χ3n) is 4.56. The van der Waals surface area contributed by atoms with Crippen molar-refractivity contribution in [3.05, 3.63) is 12.2 Å². The number of aliphatic hydroxyl groups excluding tert-OH is 1. The van der Waals surface area contributed by atoms with Crippen molar-refractivity contribution >= 4 is 0 Å². The standard InChI is InChI=1S/C15H25NO2/c17-15(10-18-9-11-1-2-11)8-16-7-14-6-12-3-4-13(14)5-12/h3-4,11-17H,1-2,5-10H2. The molecule has 3 heteroatoms. The van der Waals surface area contributed by atoms with Gasteiger partial charge in [-0.05, 0) is 55.9 Å². The maximum Gasteiger partial charge on any atom is 0.0897 e. The van der Waals surface area contributed by atoms with E-state index in [0.29, 0.717) is 13.2 Å². The molecule has 3 aliphatic carbocycles. The summed E-state index contributed by atoms with van der Waals surface area (Å²) in [4.78, 5) is 0. The number of hydrogen-bond acceptors (Lipinski definition) is 3. The first kappa shape index (κ1) is 12.6. The predicted molar refractivity (Wildman–Crippen MR) is 71.3 cm³/mol. The zero-order valence-electron chi connectivity index (χ0n) is 11.1. The Labute approximate surface area is 110 Å². The van der Waals surface area contributed by atoms with Gasteiger partial charge in [-0.1, -0.05) is 12.2 Å². The summed E-state index contributed by atoms with van der Waals surface area (Å²) in [5.74, 6) is 3.21. The molecule has 3 nitrogen and oxygen atoms in total. The van der Waals surface area contributed by atoms with Gasteiger partial charge in [0.15, 0.2) is 0 Å². The second-order valence-electron chi connectivity index (χ2n) is 6.33. The van der Waals surface area contributed by atoms with Gasteiger partial charge in [0, 0.05) is 13.2 Å². The summed E-state index contributed by atoms with van der Waals surface area (Å²) in [5, 5.41) is 13.2. The molecule has 2 fully saturated rings. The number of nitrogens with one attached hydrogen (secondary N) is 1. The lowest BCUT2D eigenvalue weighted by molar-refractivity contribution is 0.0321. The van der Waals surface area contributed by atoms with Gasteiger partial charge in [0.05, 0.1) is 12.7 Å². The Morgan fingerprint density at radius 2 is 2.17 bits per heavy atom. The molecule has 0 aromatic heterocycles. The molecular formula is C15H25NO2. The van der Waals surface area contributed by atoms with Gasteiger partial charge < -0.3 is 15.2 Å². The molecule has 0 aromatic rings. The van der Waals surface area contributed by atoms with Crippen molar-refractivity contribution in [1.82, 2.24) is 5.32 Å². The molecule has 4 unspecified atom stereocenters. The maximum atomic E-state index is 9.79. The highest BCUT2D eigenvalue weighted by Crippen LogP contribution is 2.42. The van der Waals surface area contributed by atoms with Gasteiger partial charge in [0.2, 0.25) is 0 Å². The van der Waals surface area contributed by atoms with Gasteiger partial charge in [-0.15, -0.1) is 0 Å². The van der Waals surface area contributed by atoms with Gasteiger partial charge in [-0.3, -0.25) is 0 Å². The molecule has 0 aliphatic heterocycles. The molecule has 3 aliphatic rings. The van der Waals surface area contributed by atoms with E-state index in [-0.39, 0.29) is 6.10 Å². The monoisotopic (exact) mass is 251 g/mol. The summed E-state index contributed by atoms with van der Waals surface area (Å²) in [6, 6.07) is 0. The van der Waals surface area contributed by atoms with E-state index in [2.05, 4.69) is 17.5 Å². The molecule has 0 saturated heterocycles. The van der Waals surface area contributed by atoms with E-state index >= 15 is 0 Å². The van der Waals surface area contributed by atoms with Gasteiger partial charge in [-0.25, -0.2) is 0 Å². The van der Waals surface area contributed by atoms with Crippen LogP contribution >= 0.6 is 0 Å². The van der Waals surface area contributed by atoms with Crippen LogP contribution in [0, 0.1) is 23.7 Å². The molecule has 0 aromatic carbocycles. The molecule has 0 amide bonds. The van der Waals surface area contributed by atoms with Crippen LogP contribution in [0.5, 0.6) is 0 Å². The normalized spacial score (nSPS) is 35.3. The van der Waals surface area contributed by atoms with Gasteiger partial charge in [0.1, 0.15) is 0 Å². The van der Waals surface area contributed by atoms with E-state index in [1.807, 2.05) is 0 Å². The average molecular weight is 251 g/mol. The van der Waals surface area contributed by atoms with Crippen molar-refractivity contribution in [3.8, 4) is 0 Å². The maximum absolute atomic E-state index is 9.79. The Morgan fingerprint density at radius 3 is 2.83 bits per heavy atom. The SMILES string of the molecule is OC(CNCC1CC2C=CC1C2)COCC1CC1. The topological polar surface area (TPSA) is 41.5 Å². The van der Waals surface area contributed by atoms with E-state index < -0.39 is 0 Å². The van der Waals surface area contributed by atoms with Crippen molar-refractivity contribution in [2.24, 2.45) is 23.7 Å². The Morgan fingerprint density at radius 1 is 1.28 bits per heavy atom. The quantitative estimate of drug-likeness (QED) is 0.644. The van der Waals surface area contributed by atoms with Crippen LogP contribution in [0.1, 0.15) is 25.7 Å². The molecule has 3 rings (SSSR count). The molecular weight excluding hydrogens is 226 g/mol. The molecule has 2 N–H and O–H groups in total. The summed E-state index contributed by atoms with van der Waals surface area (Å²) >= 11 is 0. The van der Waals surface area contributed by atoms with Crippen LogP contribution in [0.2, 0.25) is 0 Å². The first-order chi connectivity index (χ1) is 8.81. The fourth-order valence-electron chi connectivity index (χ4n) is 3.28. The van der Waals surface area contributed by atoms with Crippen LogP contribution in [-0.2, 0) is 4.74 Å². The Balaban J connectivity index is 1.24. The molecule has 0 heterocycles. The van der Waals surface area contributed by atoms with Crippen LogP contribution in [0.25, 0.3) is 0 Å². The number of allylic oxidation sites excluding steroid dienone is 2. The van der Waals surface area contributed by atoms with E-state index in [9.17, 15) is 5.11 Å². The number of ether oxygens (including phenoxy) is 1. The Bertz CT molecular complexity index is 301. The minimum atomic E-state index is -0.349. The summed E-state index contributed by atoms with van der Waals surface area (Å²) in [6.45, 7) is 3.04. The van der Waals surface area contributed by atoms with E-state index in [4.69, 9.17) is 4.74 Å². The summed E-state index contributed by atoms with van der Waals surface area (Å²) in [6.07, 6.45) is 9.73. The molecule has 2 saturated carbocycles. The smallest absolute Gasteiger partial charge is 0.0897 e. The summed E-state index contributed by atoms with van der Waals surface area (Å²) in [7, 11) is 0. The van der Waals surface area contributed by atoms with Gasteiger partial charge in [0.25, 0.3) is 0 Å². The van der Waals surface area contributed by atoms with Gasteiger partial charge in [-0.2, -0.15) is 0 Å². The zero-order valence-corrected chi connectivity index (χ0v) is 11.1. The molecule has 2 bridgehead atoms. The van der Waals surface area contributed by atoms with E-state index in [0.717, 1.165) is 36.8 Å². The fourth-order valence-corrected chi connectivity index (χ4v) is 3.28. The Kier molecular flexibility index (Phi) is 4.02. The molecule has 0 radical (unpaired) electrons. The lowest BCUT2D eigenvalue weighted by Gasteiger charge is -2.20. The van der Waals surface area contributed by atoms with Crippen molar-refractivity contribution in [1.29, 1.82) is 0 Å². The van der Waals surface area contributed by atoms with E-state index in [1.54, 1.807) is 0 Å². The van der Waals surface area contributed by atoms with Gasteiger partial charge >= 0.3 is 0 Å². The third kappa shape index (κ3) is 3.34. The minimum absolute atomic E-state index is 0.349. The Hall–Kier alpha value is -0.380. The highest BCUT2D eigenvalue weighted by atomic mass is 16.5. The predicted octanol–water partition coefficient (Wildman–Crippen LogP) is 1.58.